The number of nitrogens with zero attached hydrogens (tertiary/aromatic N) is 2. The molecule has 2 aromatic rings. The van der Waals surface area contributed by atoms with E-state index in [1.165, 1.54) is 6.33 Å². The molecular weight excluding hydrogens is 246 g/mol. The Bertz CT molecular complexity index is 447. The monoisotopic (exact) mass is 263 g/mol. The van der Waals surface area contributed by atoms with Crippen molar-refractivity contribution in [1.82, 2.24) is 15.3 Å². The van der Waals surface area contributed by atoms with Gasteiger partial charge in [-0.15, -0.1) is 0 Å². The van der Waals surface area contributed by atoms with E-state index in [-0.39, 0.29) is 6.61 Å². The van der Waals surface area contributed by atoms with Gasteiger partial charge in [0.15, 0.2) is 0 Å². The van der Waals surface area contributed by atoms with Crippen LogP contribution >= 0.6 is 0 Å². The van der Waals surface area contributed by atoms with Crippen molar-refractivity contribution in [3.05, 3.63) is 48.4 Å². The first-order chi connectivity index (χ1) is 9.34. The largest absolute Gasteiger partial charge is 0.467 e. The minimum Gasteiger partial charge on any atom is -0.467 e. The molecule has 0 spiro atoms. The summed E-state index contributed by atoms with van der Waals surface area (Å²) >= 11 is 0. The molecule has 0 bridgehead atoms. The van der Waals surface area contributed by atoms with Gasteiger partial charge in [-0.1, -0.05) is 0 Å². The highest BCUT2D eigenvalue weighted by molar-refractivity contribution is 4.97. The summed E-state index contributed by atoms with van der Waals surface area (Å²) in [5.74, 6) is 0.751. The lowest BCUT2D eigenvalue weighted by molar-refractivity contribution is 0.0225. The molecule has 6 heteroatoms. The number of rotatable bonds is 8. The predicted molar refractivity (Wildman–Crippen MR) is 68.1 cm³/mol. The van der Waals surface area contributed by atoms with Gasteiger partial charge in [-0.2, -0.15) is 0 Å². The van der Waals surface area contributed by atoms with Crippen LogP contribution in [0.15, 0.2) is 41.4 Å². The molecule has 0 saturated heterocycles. The van der Waals surface area contributed by atoms with Gasteiger partial charge in [-0.3, -0.25) is 0 Å². The smallest absolute Gasteiger partial charge is 0.129 e. The molecule has 0 aromatic carbocycles. The Kier molecular flexibility index (Phi) is 5.49. The molecule has 2 aromatic heterocycles. The number of furan rings is 1. The molecule has 0 amide bonds. The molecule has 2 heterocycles. The van der Waals surface area contributed by atoms with Crippen LogP contribution in [0, 0.1) is 0 Å². The Labute approximate surface area is 111 Å². The highest BCUT2D eigenvalue weighted by Crippen LogP contribution is 2.02. The van der Waals surface area contributed by atoms with Gasteiger partial charge in [0.2, 0.25) is 0 Å². The van der Waals surface area contributed by atoms with Crippen molar-refractivity contribution >= 4 is 0 Å². The molecule has 6 nitrogen and oxygen atoms in total. The van der Waals surface area contributed by atoms with Crippen molar-refractivity contribution in [3.63, 3.8) is 0 Å². The maximum absolute atomic E-state index is 9.70. The third-order valence-corrected chi connectivity index (χ3v) is 2.46. The van der Waals surface area contributed by atoms with Gasteiger partial charge < -0.3 is 19.6 Å². The van der Waals surface area contributed by atoms with Gasteiger partial charge in [-0.05, 0) is 18.2 Å². The Morgan fingerprint density at radius 1 is 1.42 bits per heavy atom. The first kappa shape index (κ1) is 13.7. The zero-order chi connectivity index (χ0) is 13.3. The quantitative estimate of drug-likeness (QED) is 0.731. The fraction of sp³-hybridized carbons (Fsp3) is 0.385. The second-order valence-corrected chi connectivity index (χ2v) is 4.08. The van der Waals surface area contributed by atoms with Crippen LogP contribution in [0.2, 0.25) is 0 Å². The van der Waals surface area contributed by atoms with Crippen LogP contribution < -0.4 is 5.32 Å². The third-order valence-electron chi connectivity index (χ3n) is 2.46. The number of aliphatic hydroxyl groups excluding tert-OH is 1. The van der Waals surface area contributed by atoms with Crippen molar-refractivity contribution in [2.24, 2.45) is 0 Å². The van der Waals surface area contributed by atoms with E-state index < -0.39 is 6.10 Å². The van der Waals surface area contributed by atoms with Crippen LogP contribution in [0.5, 0.6) is 0 Å². The number of aliphatic hydroxyl groups is 1. The minimum absolute atomic E-state index is 0.261. The van der Waals surface area contributed by atoms with Crippen LogP contribution in [0.1, 0.15) is 11.5 Å². The maximum Gasteiger partial charge on any atom is 0.129 e. The fourth-order valence-electron chi connectivity index (χ4n) is 1.54. The zero-order valence-corrected chi connectivity index (χ0v) is 10.5. The molecular formula is C13H17N3O3. The zero-order valence-electron chi connectivity index (χ0n) is 10.5. The van der Waals surface area contributed by atoms with E-state index in [1.807, 2.05) is 12.1 Å². The number of hydrogen-bond donors (Lipinski definition) is 2. The van der Waals surface area contributed by atoms with E-state index in [4.69, 9.17) is 9.15 Å². The van der Waals surface area contributed by atoms with E-state index in [2.05, 4.69) is 15.3 Å². The second-order valence-electron chi connectivity index (χ2n) is 4.08. The Morgan fingerprint density at radius 2 is 2.37 bits per heavy atom. The standard InChI is InChI=1S/C13H17N3O3/c17-12(8-18-9-13-2-1-5-19-13)7-15-6-11-3-4-14-10-16-11/h1-5,10,12,15,17H,6-9H2. The molecule has 2 N–H and O–H groups in total. The summed E-state index contributed by atoms with van der Waals surface area (Å²) in [4.78, 5) is 7.91. The topological polar surface area (TPSA) is 80.4 Å². The average Bonchev–Trinajstić information content (AvgIpc) is 2.93. The summed E-state index contributed by atoms with van der Waals surface area (Å²) in [7, 11) is 0. The molecule has 0 aliphatic rings. The molecule has 1 atom stereocenters. The Balaban J connectivity index is 1.56. The molecule has 0 aliphatic carbocycles. The Hall–Kier alpha value is -1.76. The van der Waals surface area contributed by atoms with Gasteiger partial charge in [0, 0.05) is 19.3 Å². The lowest BCUT2D eigenvalue weighted by atomic mass is 10.3. The van der Waals surface area contributed by atoms with Crippen LogP contribution in [0.3, 0.4) is 0 Å². The molecule has 19 heavy (non-hydrogen) atoms. The van der Waals surface area contributed by atoms with Crippen molar-refractivity contribution in [2.75, 3.05) is 13.2 Å². The molecule has 0 fully saturated rings. The number of ether oxygens (including phenoxy) is 1. The predicted octanol–water partition coefficient (Wildman–Crippen LogP) is 0.737. The van der Waals surface area contributed by atoms with Gasteiger partial charge in [0.1, 0.15) is 18.7 Å². The summed E-state index contributed by atoms with van der Waals surface area (Å²) < 4.78 is 10.5. The van der Waals surface area contributed by atoms with Gasteiger partial charge in [-0.25, -0.2) is 9.97 Å². The number of hydrogen-bond acceptors (Lipinski definition) is 6. The number of nitrogens with one attached hydrogen (secondary N) is 1. The number of aromatic nitrogens is 2. The molecule has 102 valence electrons. The van der Waals surface area contributed by atoms with Crippen LogP contribution in [-0.4, -0.2) is 34.3 Å². The van der Waals surface area contributed by atoms with Crippen molar-refractivity contribution in [3.8, 4) is 0 Å². The highest BCUT2D eigenvalue weighted by Gasteiger charge is 2.05. The SMILES string of the molecule is OC(CNCc1ccncn1)COCc1ccco1. The molecule has 0 radical (unpaired) electrons. The van der Waals surface area contributed by atoms with Gasteiger partial charge in [0.25, 0.3) is 0 Å². The fourth-order valence-corrected chi connectivity index (χ4v) is 1.54. The van der Waals surface area contributed by atoms with Crippen molar-refractivity contribution < 1.29 is 14.3 Å². The molecule has 2 rings (SSSR count). The first-order valence-electron chi connectivity index (χ1n) is 6.08. The molecule has 1 unspecified atom stereocenters. The van der Waals surface area contributed by atoms with Gasteiger partial charge in [0.05, 0.1) is 24.7 Å². The van der Waals surface area contributed by atoms with Crippen molar-refractivity contribution in [1.29, 1.82) is 0 Å². The highest BCUT2D eigenvalue weighted by atomic mass is 16.5. The van der Waals surface area contributed by atoms with E-state index in [1.54, 1.807) is 18.5 Å². The third kappa shape index (κ3) is 5.17. The van der Waals surface area contributed by atoms with Crippen LogP contribution in [0.4, 0.5) is 0 Å². The summed E-state index contributed by atoms with van der Waals surface area (Å²) in [6, 6.07) is 5.46. The lowest BCUT2D eigenvalue weighted by Crippen LogP contribution is -2.30. The minimum atomic E-state index is -0.559. The van der Waals surface area contributed by atoms with E-state index >= 15 is 0 Å². The van der Waals surface area contributed by atoms with Crippen LogP contribution in [0.25, 0.3) is 0 Å². The average molecular weight is 263 g/mol. The summed E-state index contributed by atoms with van der Waals surface area (Å²) in [5, 5.41) is 12.8. The van der Waals surface area contributed by atoms with Crippen molar-refractivity contribution in [2.45, 2.75) is 19.3 Å². The first-order valence-corrected chi connectivity index (χ1v) is 6.08. The van der Waals surface area contributed by atoms with E-state index in [0.717, 1.165) is 11.5 Å². The molecule has 0 aliphatic heterocycles. The lowest BCUT2D eigenvalue weighted by Gasteiger charge is -2.11. The summed E-state index contributed by atoms with van der Waals surface area (Å²) in [6.45, 7) is 1.67. The van der Waals surface area contributed by atoms with E-state index in [0.29, 0.717) is 19.7 Å². The molecule has 0 saturated carbocycles. The second kappa shape index (κ2) is 7.63. The van der Waals surface area contributed by atoms with E-state index in [9.17, 15) is 5.11 Å². The Morgan fingerprint density at radius 3 is 3.11 bits per heavy atom. The summed E-state index contributed by atoms with van der Waals surface area (Å²) in [6.07, 6.45) is 4.22. The summed E-state index contributed by atoms with van der Waals surface area (Å²) in [5.41, 5.74) is 0.888. The normalized spacial score (nSPS) is 12.5. The maximum atomic E-state index is 9.70. The van der Waals surface area contributed by atoms with Crippen LogP contribution in [-0.2, 0) is 17.9 Å². The van der Waals surface area contributed by atoms with Gasteiger partial charge >= 0.3 is 0 Å².